The highest BCUT2D eigenvalue weighted by Gasteiger charge is 2.35. The Hall–Kier alpha value is -3.58. The van der Waals surface area contributed by atoms with E-state index in [1.165, 1.54) is 17.4 Å². The molecule has 164 valence electrons. The highest BCUT2D eigenvalue weighted by Crippen LogP contribution is 2.34. The van der Waals surface area contributed by atoms with Crippen LogP contribution in [0.4, 0.5) is 0 Å². The number of nitrogens with zero attached hydrogens (tertiary/aromatic N) is 2. The second-order valence-corrected chi connectivity index (χ2v) is 8.42. The molecule has 6 rings (SSSR count). The molecule has 2 bridgehead atoms. The third kappa shape index (κ3) is 3.76. The van der Waals surface area contributed by atoms with Crippen LogP contribution in [0.1, 0.15) is 12.8 Å². The molecule has 0 aliphatic carbocycles. The van der Waals surface area contributed by atoms with Crippen LogP contribution in [-0.2, 0) is 9.59 Å². The number of carboxylic acid groups (broad SMARTS) is 2. The van der Waals surface area contributed by atoms with Crippen molar-refractivity contribution < 1.29 is 24.5 Å². The van der Waals surface area contributed by atoms with Crippen LogP contribution < -0.4 is 4.74 Å². The van der Waals surface area contributed by atoms with Crippen LogP contribution in [-0.4, -0.2) is 57.4 Å². The molecular weight excluding hydrogens is 408 g/mol. The molecule has 3 saturated heterocycles. The minimum absolute atomic E-state index is 0.201. The molecule has 0 saturated carbocycles. The first kappa shape index (κ1) is 20.3. The lowest BCUT2D eigenvalue weighted by molar-refractivity contribution is -0.133. The molecule has 32 heavy (non-hydrogen) atoms. The number of hydrogen-bond donors (Lipinski definition) is 2. The van der Waals surface area contributed by atoms with E-state index in [9.17, 15) is 19.8 Å². The molecule has 0 radical (unpaired) electrons. The number of piperidine rings is 3. The Morgan fingerprint density at radius 3 is 2.34 bits per heavy atom. The lowest BCUT2D eigenvalue weighted by Crippen LogP contribution is -2.52. The van der Waals surface area contributed by atoms with Gasteiger partial charge in [0, 0.05) is 11.9 Å². The van der Waals surface area contributed by atoms with Gasteiger partial charge in [-0.25, -0.2) is 9.59 Å². The van der Waals surface area contributed by atoms with Crippen LogP contribution in [0.3, 0.4) is 0 Å². The van der Waals surface area contributed by atoms with E-state index < -0.39 is 11.9 Å². The lowest BCUT2D eigenvalue weighted by atomic mass is 9.86. The van der Waals surface area contributed by atoms with E-state index in [0.717, 1.165) is 42.4 Å². The number of carbonyl (C=O) groups is 2. The molecular formula is C25H24N2O5. The lowest BCUT2D eigenvalue weighted by Gasteiger charge is -2.44. The van der Waals surface area contributed by atoms with E-state index in [4.69, 9.17) is 4.74 Å². The number of hydrogen-bond acceptors (Lipinski definition) is 4. The highest BCUT2D eigenvalue weighted by atomic mass is 16.5. The molecule has 0 amide bonds. The predicted octanol–water partition coefficient (Wildman–Crippen LogP) is 3.79. The van der Waals surface area contributed by atoms with Gasteiger partial charge in [0.25, 0.3) is 0 Å². The van der Waals surface area contributed by atoms with Crippen molar-refractivity contribution >= 4 is 28.5 Å². The molecule has 1 aromatic heterocycles. The standard InChI is InChI=1S/C25H24N2O5/c28-24(29)14-22(25(30)31)27-20-4-2-1-3-18(20)13-21(27)16-5-7-19(8-6-16)32-23-15-26-11-9-17(23)10-12-26/h1-8,13-14,17,23H,9-12,15H2,(H,28,29)(H,30,31)/b22-14+. The summed E-state index contributed by atoms with van der Waals surface area (Å²) in [7, 11) is 0. The van der Waals surface area contributed by atoms with Gasteiger partial charge in [0.1, 0.15) is 17.6 Å². The van der Waals surface area contributed by atoms with Crippen molar-refractivity contribution in [3.05, 3.63) is 60.7 Å². The summed E-state index contributed by atoms with van der Waals surface area (Å²) in [6.45, 7) is 3.27. The fourth-order valence-corrected chi connectivity index (χ4v) is 4.89. The second kappa shape index (κ2) is 8.16. The first-order valence-electron chi connectivity index (χ1n) is 10.8. The number of ether oxygens (including phenoxy) is 1. The molecule has 0 spiro atoms. The Labute approximate surface area is 185 Å². The van der Waals surface area contributed by atoms with Crippen molar-refractivity contribution in [1.82, 2.24) is 9.47 Å². The fraction of sp³-hybridized carbons (Fsp3) is 0.280. The largest absolute Gasteiger partial charge is 0.489 e. The molecule has 3 aromatic rings. The summed E-state index contributed by atoms with van der Waals surface area (Å²) in [5.74, 6) is -1.24. The molecule has 1 atom stereocenters. The van der Waals surface area contributed by atoms with E-state index in [0.29, 0.717) is 17.1 Å². The van der Waals surface area contributed by atoms with Crippen LogP contribution in [0.15, 0.2) is 60.7 Å². The van der Waals surface area contributed by atoms with Gasteiger partial charge in [-0.1, -0.05) is 18.2 Å². The minimum atomic E-state index is -1.31. The number of fused-ring (bicyclic) bond motifs is 4. The number of benzene rings is 2. The van der Waals surface area contributed by atoms with Crippen molar-refractivity contribution in [3.8, 4) is 17.0 Å². The first-order valence-corrected chi connectivity index (χ1v) is 10.8. The van der Waals surface area contributed by atoms with Gasteiger partial charge < -0.3 is 19.5 Å². The molecule has 2 aromatic carbocycles. The molecule has 3 aliphatic heterocycles. The molecule has 4 heterocycles. The number of aliphatic carboxylic acids is 2. The molecule has 7 nitrogen and oxygen atoms in total. The summed E-state index contributed by atoms with van der Waals surface area (Å²) in [5, 5.41) is 19.8. The number of carboxylic acids is 2. The summed E-state index contributed by atoms with van der Waals surface area (Å²) in [6.07, 6.45) is 3.28. The van der Waals surface area contributed by atoms with E-state index in [2.05, 4.69) is 4.90 Å². The van der Waals surface area contributed by atoms with E-state index in [1.54, 1.807) is 12.1 Å². The van der Waals surface area contributed by atoms with E-state index in [1.807, 2.05) is 42.5 Å². The van der Waals surface area contributed by atoms with Gasteiger partial charge in [0.2, 0.25) is 0 Å². The molecule has 7 heteroatoms. The molecule has 3 aliphatic rings. The van der Waals surface area contributed by atoms with Gasteiger partial charge >= 0.3 is 11.9 Å². The maximum Gasteiger partial charge on any atom is 0.353 e. The van der Waals surface area contributed by atoms with E-state index in [-0.39, 0.29) is 11.8 Å². The fourth-order valence-electron chi connectivity index (χ4n) is 4.89. The van der Waals surface area contributed by atoms with Crippen molar-refractivity contribution in [2.75, 3.05) is 19.6 Å². The van der Waals surface area contributed by atoms with E-state index >= 15 is 0 Å². The first-order chi connectivity index (χ1) is 15.5. The Kier molecular flexibility index (Phi) is 5.19. The van der Waals surface area contributed by atoms with Gasteiger partial charge in [0.15, 0.2) is 0 Å². The van der Waals surface area contributed by atoms with Gasteiger partial charge in [0.05, 0.1) is 17.3 Å². The predicted molar refractivity (Wildman–Crippen MR) is 120 cm³/mol. The van der Waals surface area contributed by atoms with Crippen molar-refractivity contribution in [3.63, 3.8) is 0 Å². The molecule has 3 fully saturated rings. The van der Waals surface area contributed by atoms with Gasteiger partial charge in [-0.15, -0.1) is 0 Å². The van der Waals surface area contributed by atoms with Crippen LogP contribution in [0.2, 0.25) is 0 Å². The van der Waals surface area contributed by atoms with Crippen LogP contribution in [0, 0.1) is 5.92 Å². The van der Waals surface area contributed by atoms with Crippen LogP contribution in [0.25, 0.3) is 27.9 Å². The summed E-state index contributed by atoms with van der Waals surface area (Å²) >= 11 is 0. The zero-order chi connectivity index (χ0) is 22.2. The molecule has 1 unspecified atom stereocenters. The van der Waals surface area contributed by atoms with Gasteiger partial charge in [-0.2, -0.15) is 0 Å². The third-order valence-electron chi connectivity index (χ3n) is 6.46. The SMILES string of the molecule is O=C(O)/C=C(\C(=O)O)n1c(-c2ccc(OC3CN4CCC3CC4)cc2)cc2ccccc21. The van der Waals surface area contributed by atoms with Crippen LogP contribution in [0.5, 0.6) is 5.75 Å². The Balaban J connectivity index is 1.51. The Bertz CT molecular complexity index is 1200. The quantitative estimate of drug-likeness (QED) is 0.576. The molecule has 2 N–H and O–H groups in total. The number of aromatic nitrogens is 1. The van der Waals surface area contributed by atoms with Gasteiger partial charge in [-0.05, 0) is 73.8 Å². The zero-order valence-electron chi connectivity index (χ0n) is 17.5. The zero-order valence-corrected chi connectivity index (χ0v) is 17.5. The summed E-state index contributed by atoms with van der Waals surface area (Å²) in [6, 6.07) is 16.8. The van der Waals surface area contributed by atoms with Gasteiger partial charge in [-0.3, -0.25) is 4.90 Å². The minimum Gasteiger partial charge on any atom is -0.489 e. The highest BCUT2D eigenvalue weighted by molar-refractivity contribution is 6.16. The monoisotopic (exact) mass is 432 g/mol. The van der Waals surface area contributed by atoms with Crippen LogP contribution >= 0.6 is 0 Å². The normalized spacial score (nSPS) is 22.8. The Morgan fingerprint density at radius 1 is 1.00 bits per heavy atom. The average molecular weight is 432 g/mol. The summed E-state index contributed by atoms with van der Waals surface area (Å²) in [5.41, 5.74) is 1.70. The third-order valence-corrected chi connectivity index (χ3v) is 6.46. The smallest absolute Gasteiger partial charge is 0.353 e. The summed E-state index contributed by atoms with van der Waals surface area (Å²) in [4.78, 5) is 25.7. The average Bonchev–Trinajstić information content (AvgIpc) is 3.18. The number of rotatable bonds is 6. The summed E-state index contributed by atoms with van der Waals surface area (Å²) < 4.78 is 7.76. The maximum absolute atomic E-state index is 11.9. The number of para-hydroxylation sites is 1. The maximum atomic E-state index is 11.9. The van der Waals surface area contributed by atoms with Crippen molar-refractivity contribution in [2.24, 2.45) is 5.92 Å². The second-order valence-electron chi connectivity index (χ2n) is 8.42. The van der Waals surface area contributed by atoms with Crippen molar-refractivity contribution in [2.45, 2.75) is 18.9 Å². The van der Waals surface area contributed by atoms with Crippen molar-refractivity contribution in [1.29, 1.82) is 0 Å². The Morgan fingerprint density at radius 2 is 1.72 bits per heavy atom. The topological polar surface area (TPSA) is 92.0 Å².